The number of nitrogen functional groups attached to an aromatic ring is 2. The van der Waals surface area contributed by atoms with Gasteiger partial charge < -0.3 is 27.2 Å². The standard InChI is InChI=1S/C21H28N4O3S.C9H11N3O/c1-15(2-9-20(26)27)24-21(28)19(8-5-16-10-12-23-13-11-16)25-29-14-17-3-6-18(22)7-4-17;10-9(11)8-3-1-7(2-4-8)5-12-6-13/h3-4,6-7,10-13,15,19,25H,2,5,8-9,14,22H2,1H3,(H,24,28)(H,26,27);1-4,6H,5H2,(H3,10,11)(H,12,13). The molecule has 2 unspecified atom stereocenters. The van der Waals surface area contributed by atoms with Crippen LogP contribution in [-0.2, 0) is 33.1 Å². The van der Waals surface area contributed by atoms with Gasteiger partial charge in [0.15, 0.2) is 0 Å². The smallest absolute Gasteiger partial charge is 0.303 e. The molecule has 11 nitrogen and oxygen atoms in total. The van der Waals surface area contributed by atoms with E-state index in [1.165, 1.54) is 11.9 Å². The third-order valence-corrected chi connectivity index (χ3v) is 6.99. The van der Waals surface area contributed by atoms with E-state index in [-0.39, 0.29) is 24.2 Å². The summed E-state index contributed by atoms with van der Waals surface area (Å²) < 4.78 is 3.26. The predicted octanol–water partition coefficient (Wildman–Crippen LogP) is 2.99. The Balaban J connectivity index is 0.000000395. The summed E-state index contributed by atoms with van der Waals surface area (Å²) in [6.07, 6.45) is 5.91. The van der Waals surface area contributed by atoms with Gasteiger partial charge in [-0.05, 0) is 67.1 Å². The number of carboxylic acids is 1. The van der Waals surface area contributed by atoms with E-state index in [4.69, 9.17) is 22.0 Å². The van der Waals surface area contributed by atoms with Crippen LogP contribution in [0.5, 0.6) is 0 Å². The van der Waals surface area contributed by atoms with Gasteiger partial charge in [-0.3, -0.25) is 29.5 Å². The van der Waals surface area contributed by atoms with Gasteiger partial charge in [0.1, 0.15) is 5.84 Å². The molecular weight excluding hydrogens is 554 g/mol. The number of aromatic nitrogens is 1. The zero-order chi connectivity index (χ0) is 30.7. The zero-order valence-electron chi connectivity index (χ0n) is 23.6. The molecule has 0 aliphatic rings. The van der Waals surface area contributed by atoms with Gasteiger partial charge in [-0.15, -0.1) is 0 Å². The Kier molecular flexibility index (Phi) is 15.2. The monoisotopic (exact) mass is 593 g/mol. The van der Waals surface area contributed by atoms with Crippen molar-refractivity contribution in [2.24, 2.45) is 5.73 Å². The number of amides is 2. The molecule has 0 spiro atoms. The number of hydrogen-bond donors (Lipinski definition) is 7. The summed E-state index contributed by atoms with van der Waals surface area (Å²) in [5, 5.41) is 21.4. The van der Waals surface area contributed by atoms with Gasteiger partial charge in [-0.1, -0.05) is 48.3 Å². The number of nitrogens with two attached hydrogens (primary N) is 2. The number of hydrogen-bond acceptors (Lipinski definition) is 8. The maximum Gasteiger partial charge on any atom is 0.303 e. The first-order chi connectivity index (χ1) is 20.2. The predicted molar refractivity (Wildman–Crippen MR) is 166 cm³/mol. The SMILES string of the molecule is CC(CCC(=O)O)NC(=O)C(CCc1ccncc1)NSCc1ccc(N)cc1.N=C(N)c1ccc(CNC=O)cc1. The molecule has 0 saturated heterocycles. The average Bonchev–Trinajstić information content (AvgIpc) is 2.98. The first-order valence-electron chi connectivity index (χ1n) is 13.4. The van der Waals surface area contributed by atoms with Crippen LogP contribution < -0.4 is 26.8 Å². The Bertz CT molecular complexity index is 1260. The van der Waals surface area contributed by atoms with Crippen molar-refractivity contribution in [3.05, 3.63) is 95.3 Å². The van der Waals surface area contributed by atoms with Gasteiger partial charge in [0, 0.05) is 48.4 Å². The van der Waals surface area contributed by atoms with Crippen molar-refractivity contribution in [3.8, 4) is 0 Å². The van der Waals surface area contributed by atoms with Crippen LogP contribution >= 0.6 is 11.9 Å². The molecule has 9 N–H and O–H groups in total. The largest absolute Gasteiger partial charge is 0.481 e. The van der Waals surface area contributed by atoms with Crippen LogP contribution in [0.4, 0.5) is 5.69 Å². The number of pyridine rings is 1. The van der Waals surface area contributed by atoms with E-state index in [9.17, 15) is 14.4 Å². The number of benzene rings is 2. The quantitative estimate of drug-likeness (QED) is 0.0429. The molecule has 12 heteroatoms. The van der Waals surface area contributed by atoms with E-state index >= 15 is 0 Å². The van der Waals surface area contributed by atoms with Crippen LogP contribution in [0.25, 0.3) is 0 Å². The van der Waals surface area contributed by atoms with Crippen molar-refractivity contribution in [2.75, 3.05) is 5.73 Å². The maximum atomic E-state index is 12.7. The molecule has 0 saturated carbocycles. The normalized spacial score (nSPS) is 11.7. The number of carboxylic acid groups (broad SMARTS) is 1. The number of carbonyl (C=O) groups is 3. The molecule has 1 aromatic heterocycles. The van der Waals surface area contributed by atoms with E-state index in [0.717, 1.165) is 28.8 Å². The highest BCUT2D eigenvalue weighted by Gasteiger charge is 2.20. The van der Waals surface area contributed by atoms with E-state index in [0.29, 0.717) is 37.1 Å². The Labute approximate surface area is 250 Å². The van der Waals surface area contributed by atoms with Crippen molar-refractivity contribution in [1.29, 1.82) is 5.41 Å². The van der Waals surface area contributed by atoms with E-state index < -0.39 is 12.0 Å². The van der Waals surface area contributed by atoms with Crippen molar-refractivity contribution < 1.29 is 19.5 Å². The number of amidine groups is 1. The minimum atomic E-state index is -0.863. The van der Waals surface area contributed by atoms with E-state index in [1.807, 2.05) is 55.5 Å². The molecule has 3 rings (SSSR count). The van der Waals surface area contributed by atoms with Crippen LogP contribution in [0.2, 0.25) is 0 Å². The first-order valence-corrected chi connectivity index (χ1v) is 14.4. The summed E-state index contributed by atoms with van der Waals surface area (Å²) in [7, 11) is 0. The minimum Gasteiger partial charge on any atom is -0.481 e. The van der Waals surface area contributed by atoms with Crippen LogP contribution in [0, 0.1) is 5.41 Å². The molecule has 2 atom stereocenters. The molecule has 224 valence electrons. The third kappa shape index (κ3) is 13.8. The molecular formula is C30H39N7O4S. The van der Waals surface area contributed by atoms with Gasteiger partial charge in [-0.2, -0.15) is 0 Å². The highest BCUT2D eigenvalue weighted by atomic mass is 32.2. The fourth-order valence-corrected chi connectivity index (χ4v) is 4.53. The lowest BCUT2D eigenvalue weighted by molar-refractivity contribution is -0.137. The lowest BCUT2D eigenvalue weighted by Gasteiger charge is -2.21. The third-order valence-electron chi connectivity index (χ3n) is 6.07. The Morgan fingerprint density at radius 3 is 2.24 bits per heavy atom. The first kappa shape index (κ1) is 33.8. The van der Waals surface area contributed by atoms with Crippen LogP contribution in [0.1, 0.15) is 48.4 Å². The number of nitrogens with one attached hydrogen (secondary N) is 4. The topological polar surface area (TPSA) is 196 Å². The van der Waals surface area contributed by atoms with Crippen molar-refractivity contribution in [3.63, 3.8) is 0 Å². The molecule has 0 aliphatic heterocycles. The molecule has 0 aliphatic carbocycles. The summed E-state index contributed by atoms with van der Waals surface area (Å²) in [6, 6.07) is 18.1. The Morgan fingerprint density at radius 1 is 1.00 bits per heavy atom. The van der Waals surface area contributed by atoms with E-state index in [2.05, 4.69) is 20.3 Å². The van der Waals surface area contributed by atoms with Crippen LogP contribution in [-0.4, -0.2) is 46.3 Å². The lowest BCUT2D eigenvalue weighted by atomic mass is 10.1. The second-order valence-corrected chi connectivity index (χ2v) is 10.4. The number of nitrogens with zero attached hydrogens (tertiary/aromatic N) is 1. The molecule has 0 bridgehead atoms. The summed E-state index contributed by atoms with van der Waals surface area (Å²) in [5.41, 5.74) is 15.6. The van der Waals surface area contributed by atoms with Crippen molar-refractivity contribution in [2.45, 2.75) is 57.0 Å². The molecule has 3 aromatic rings. The molecule has 0 radical (unpaired) electrons. The Hall–Kier alpha value is -4.42. The fraction of sp³-hybridized carbons (Fsp3) is 0.300. The molecule has 2 aromatic carbocycles. The van der Waals surface area contributed by atoms with Gasteiger partial charge in [-0.25, -0.2) is 0 Å². The lowest BCUT2D eigenvalue weighted by Crippen LogP contribution is -2.45. The van der Waals surface area contributed by atoms with Crippen LogP contribution in [0.15, 0.2) is 73.1 Å². The van der Waals surface area contributed by atoms with Gasteiger partial charge >= 0.3 is 5.97 Å². The molecule has 0 fully saturated rings. The van der Waals surface area contributed by atoms with Crippen LogP contribution in [0.3, 0.4) is 0 Å². The Morgan fingerprint density at radius 2 is 1.64 bits per heavy atom. The van der Waals surface area contributed by atoms with Gasteiger partial charge in [0.25, 0.3) is 0 Å². The maximum absolute atomic E-state index is 12.7. The van der Waals surface area contributed by atoms with Crippen molar-refractivity contribution in [1.82, 2.24) is 20.3 Å². The fourth-order valence-electron chi connectivity index (χ4n) is 3.66. The van der Waals surface area contributed by atoms with Crippen molar-refractivity contribution >= 4 is 41.8 Å². The summed E-state index contributed by atoms with van der Waals surface area (Å²) in [4.78, 5) is 37.5. The second kappa shape index (κ2) is 18.8. The molecule has 2 amide bonds. The highest BCUT2D eigenvalue weighted by molar-refractivity contribution is 7.96. The van der Waals surface area contributed by atoms with E-state index in [1.54, 1.807) is 24.5 Å². The average molecular weight is 594 g/mol. The number of anilines is 1. The minimum absolute atomic E-state index is 0.0302. The number of aryl methyl sites for hydroxylation is 1. The van der Waals surface area contributed by atoms with Gasteiger partial charge in [0.2, 0.25) is 12.3 Å². The number of rotatable bonds is 16. The molecule has 1 heterocycles. The summed E-state index contributed by atoms with van der Waals surface area (Å²) >= 11 is 1.47. The zero-order valence-corrected chi connectivity index (χ0v) is 24.4. The molecule has 42 heavy (non-hydrogen) atoms. The second-order valence-electron chi connectivity index (χ2n) is 9.55. The summed E-state index contributed by atoms with van der Waals surface area (Å²) in [6.45, 7) is 2.32. The number of carbonyl (C=O) groups excluding carboxylic acids is 2. The van der Waals surface area contributed by atoms with Gasteiger partial charge in [0.05, 0.1) is 6.04 Å². The highest BCUT2D eigenvalue weighted by Crippen LogP contribution is 2.14. The summed E-state index contributed by atoms with van der Waals surface area (Å²) in [5.74, 6) is -0.234. The number of aliphatic carboxylic acids is 1.